The van der Waals surface area contributed by atoms with Crippen LogP contribution in [-0.4, -0.2) is 24.4 Å². The Morgan fingerprint density at radius 3 is 2.32 bits per heavy atom. The Morgan fingerprint density at radius 2 is 1.82 bits per heavy atom. The van der Waals surface area contributed by atoms with E-state index >= 15 is 0 Å². The van der Waals surface area contributed by atoms with Crippen LogP contribution in [0.5, 0.6) is 5.75 Å². The fourth-order valence-electron chi connectivity index (χ4n) is 1.51. The second-order valence-electron chi connectivity index (χ2n) is 4.00. The minimum absolute atomic E-state index is 0.286. The number of halogens is 3. The normalized spacial score (nSPS) is 11.1. The number of esters is 1. The van der Waals surface area contributed by atoms with Gasteiger partial charge < -0.3 is 9.47 Å². The summed E-state index contributed by atoms with van der Waals surface area (Å²) in [4.78, 5) is 16.0. The predicted molar refractivity (Wildman–Crippen MR) is 72.8 cm³/mol. The summed E-state index contributed by atoms with van der Waals surface area (Å²) in [6.45, 7) is 0. The number of alkyl halides is 3. The van der Waals surface area contributed by atoms with Crippen LogP contribution in [-0.2, 0) is 4.74 Å². The molecule has 8 heteroatoms. The molecule has 0 radical (unpaired) electrons. The summed E-state index contributed by atoms with van der Waals surface area (Å²) in [7, 11) is 1.27. The second-order valence-corrected chi connectivity index (χ2v) is 5.09. The topological polar surface area (TPSA) is 48.4 Å². The van der Waals surface area contributed by atoms with E-state index in [0.29, 0.717) is 15.5 Å². The average Bonchev–Trinajstić information content (AvgIpc) is 2.48. The van der Waals surface area contributed by atoms with Crippen molar-refractivity contribution in [3.8, 4) is 5.75 Å². The van der Waals surface area contributed by atoms with Crippen LogP contribution in [0.4, 0.5) is 13.2 Å². The highest BCUT2D eigenvalue weighted by Crippen LogP contribution is 2.29. The van der Waals surface area contributed by atoms with Crippen molar-refractivity contribution in [2.75, 3.05) is 7.11 Å². The Kier molecular flexibility index (Phi) is 4.92. The van der Waals surface area contributed by atoms with Crippen molar-refractivity contribution in [1.29, 1.82) is 0 Å². The smallest absolute Gasteiger partial charge is 0.465 e. The molecular formula is C14H10F3NO3S. The van der Waals surface area contributed by atoms with Crippen LogP contribution in [0.1, 0.15) is 10.4 Å². The number of ether oxygens (including phenoxy) is 2. The van der Waals surface area contributed by atoms with Crippen molar-refractivity contribution in [3.05, 3.63) is 48.2 Å². The van der Waals surface area contributed by atoms with E-state index in [1.165, 1.54) is 49.3 Å². The number of methoxy groups -OCH3 is 1. The van der Waals surface area contributed by atoms with Gasteiger partial charge in [-0.15, -0.1) is 13.2 Å². The van der Waals surface area contributed by atoms with Gasteiger partial charge in [0.25, 0.3) is 0 Å². The molecule has 4 nitrogen and oxygen atoms in total. The number of rotatable bonds is 4. The number of pyridine rings is 1. The Morgan fingerprint density at radius 1 is 1.14 bits per heavy atom. The summed E-state index contributed by atoms with van der Waals surface area (Å²) in [6, 6.07) is 8.60. The molecule has 0 bridgehead atoms. The van der Waals surface area contributed by atoms with Crippen LogP contribution in [0.2, 0.25) is 0 Å². The second kappa shape index (κ2) is 6.69. The quantitative estimate of drug-likeness (QED) is 0.796. The lowest BCUT2D eigenvalue weighted by molar-refractivity contribution is -0.274. The van der Waals surface area contributed by atoms with Crippen LogP contribution >= 0.6 is 11.8 Å². The number of nitrogens with zero attached hydrogens (tertiary/aromatic N) is 1. The van der Waals surface area contributed by atoms with Crippen LogP contribution in [0.3, 0.4) is 0 Å². The monoisotopic (exact) mass is 329 g/mol. The number of benzene rings is 1. The van der Waals surface area contributed by atoms with Crippen molar-refractivity contribution < 1.29 is 27.4 Å². The largest absolute Gasteiger partial charge is 0.573 e. The lowest BCUT2D eigenvalue weighted by Gasteiger charge is -2.09. The molecule has 0 aliphatic carbocycles. The minimum atomic E-state index is -4.71. The number of hydrogen-bond donors (Lipinski definition) is 0. The molecule has 0 aliphatic rings. The third-order valence-corrected chi connectivity index (χ3v) is 3.40. The molecule has 0 aliphatic heterocycles. The van der Waals surface area contributed by atoms with Crippen LogP contribution in [0, 0.1) is 0 Å². The fourth-order valence-corrected chi connectivity index (χ4v) is 2.26. The highest BCUT2D eigenvalue weighted by Gasteiger charge is 2.30. The Labute approximate surface area is 128 Å². The molecule has 1 aromatic heterocycles. The molecule has 116 valence electrons. The minimum Gasteiger partial charge on any atom is -0.465 e. The first kappa shape index (κ1) is 16.2. The van der Waals surface area contributed by atoms with Gasteiger partial charge in [-0.05, 0) is 36.4 Å². The number of carbonyl (C=O) groups is 1. The van der Waals surface area contributed by atoms with Gasteiger partial charge in [0.15, 0.2) is 0 Å². The maximum atomic E-state index is 12.0. The average molecular weight is 329 g/mol. The first-order chi connectivity index (χ1) is 10.4. The van der Waals surface area contributed by atoms with Crippen molar-refractivity contribution in [1.82, 2.24) is 4.98 Å². The van der Waals surface area contributed by atoms with E-state index < -0.39 is 12.3 Å². The molecule has 0 amide bonds. The third-order valence-electron chi connectivity index (χ3n) is 2.44. The maximum Gasteiger partial charge on any atom is 0.573 e. The molecule has 0 spiro atoms. The van der Waals surface area contributed by atoms with Gasteiger partial charge in [0.1, 0.15) is 10.8 Å². The van der Waals surface area contributed by atoms with Crippen LogP contribution in [0.15, 0.2) is 52.5 Å². The first-order valence-corrected chi connectivity index (χ1v) is 6.77. The van der Waals surface area contributed by atoms with E-state index in [-0.39, 0.29) is 5.75 Å². The van der Waals surface area contributed by atoms with E-state index in [9.17, 15) is 18.0 Å². The first-order valence-electron chi connectivity index (χ1n) is 5.95. The number of carbonyl (C=O) groups excluding carboxylic acids is 1. The zero-order valence-corrected chi connectivity index (χ0v) is 12.1. The summed E-state index contributed by atoms with van der Waals surface area (Å²) >= 11 is 1.24. The van der Waals surface area contributed by atoms with E-state index in [1.807, 2.05) is 0 Å². The van der Waals surface area contributed by atoms with Gasteiger partial charge in [-0.2, -0.15) is 0 Å². The maximum absolute atomic E-state index is 12.0. The molecule has 2 rings (SSSR count). The van der Waals surface area contributed by atoms with Gasteiger partial charge in [0, 0.05) is 11.1 Å². The van der Waals surface area contributed by atoms with E-state index in [1.54, 1.807) is 12.1 Å². The van der Waals surface area contributed by atoms with Crippen molar-refractivity contribution in [2.45, 2.75) is 16.3 Å². The Balaban J connectivity index is 2.03. The molecule has 0 unspecified atom stereocenters. The van der Waals surface area contributed by atoms with Crippen LogP contribution < -0.4 is 4.74 Å². The van der Waals surface area contributed by atoms with E-state index in [0.717, 1.165) is 0 Å². The zero-order valence-electron chi connectivity index (χ0n) is 11.3. The van der Waals surface area contributed by atoms with Gasteiger partial charge in [0.2, 0.25) is 0 Å². The molecule has 0 N–H and O–H groups in total. The molecule has 22 heavy (non-hydrogen) atoms. The Hall–Kier alpha value is -2.22. The highest BCUT2D eigenvalue weighted by molar-refractivity contribution is 7.99. The van der Waals surface area contributed by atoms with Gasteiger partial charge in [-0.1, -0.05) is 11.8 Å². The number of hydrogen-bond acceptors (Lipinski definition) is 5. The summed E-state index contributed by atoms with van der Waals surface area (Å²) in [5.74, 6) is -0.774. The molecular weight excluding hydrogens is 319 g/mol. The SMILES string of the molecule is COC(=O)c1ccc(Sc2ccc(OC(F)(F)F)cc2)nc1. The van der Waals surface area contributed by atoms with E-state index in [2.05, 4.69) is 14.5 Å². The molecule has 0 saturated heterocycles. The predicted octanol–water partition coefficient (Wildman–Crippen LogP) is 3.92. The van der Waals surface area contributed by atoms with Gasteiger partial charge >= 0.3 is 12.3 Å². The molecule has 1 aromatic carbocycles. The third kappa shape index (κ3) is 4.66. The van der Waals surface area contributed by atoms with Gasteiger partial charge in [0.05, 0.1) is 12.7 Å². The van der Waals surface area contributed by atoms with Crippen molar-refractivity contribution >= 4 is 17.7 Å². The lowest BCUT2D eigenvalue weighted by atomic mass is 10.3. The lowest BCUT2D eigenvalue weighted by Crippen LogP contribution is -2.16. The molecule has 2 aromatic rings. The molecule has 0 fully saturated rings. The summed E-state index contributed by atoms with van der Waals surface area (Å²) in [6.07, 6.45) is -3.34. The van der Waals surface area contributed by atoms with E-state index in [4.69, 9.17) is 0 Å². The highest BCUT2D eigenvalue weighted by atomic mass is 32.2. The standard InChI is InChI=1S/C14H10F3NO3S/c1-20-13(19)9-2-7-12(18-8-9)22-11-5-3-10(4-6-11)21-14(15,16)17/h2-8H,1H3. The van der Waals surface area contributed by atoms with Gasteiger partial charge in [-0.25, -0.2) is 9.78 Å². The van der Waals surface area contributed by atoms with Crippen molar-refractivity contribution in [2.24, 2.45) is 0 Å². The summed E-state index contributed by atoms with van der Waals surface area (Å²) in [5, 5.41) is 0.595. The molecule has 0 atom stereocenters. The number of aromatic nitrogens is 1. The summed E-state index contributed by atoms with van der Waals surface area (Å²) < 4.78 is 44.5. The van der Waals surface area contributed by atoms with Gasteiger partial charge in [-0.3, -0.25) is 0 Å². The molecule has 1 heterocycles. The zero-order chi connectivity index (χ0) is 16.2. The molecule has 0 saturated carbocycles. The fraction of sp³-hybridized carbons (Fsp3) is 0.143. The van der Waals surface area contributed by atoms with Crippen molar-refractivity contribution in [3.63, 3.8) is 0 Å². The summed E-state index contributed by atoms with van der Waals surface area (Å²) in [5.41, 5.74) is 0.320. The van der Waals surface area contributed by atoms with Crippen LogP contribution in [0.25, 0.3) is 0 Å². The Bertz CT molecular complexity index is 642.